The zero-order valence-electron chi connectivity index (χ0n) is 31.2. The number of ether oxygens (including phenoxy) is 1. The molecule has 15 heteroatoms. The number of nitrogens with one attached hydrogen (secondary N) is 3. The van der Waals surface area contributed by atoms with E-state index in [4.69, 9.17) is 14.1 Å². The molecule has 4 amide bonds. The lowest BCUT2D eigenvalue weighted by Gasteiger charge is -2.29. The third kappa shape index (κ3) is 7.48. The minimum Gasteiger partial charge on any atom is -0.484 e. The summed E-state index contributed by atoms with van der Waals surface area (Å²) in [6.45, 7) is 3.25. The number of hydrogen-bond donors (Lipinski definition) is 3. The number of hydrogen-bond acceptors (Lipinski definition) is 9. The van der Waals surface area contributed by atoms with Gasteiger partial charge in [-0.15, -0.1) is 0 Å². The molecular formula is C41H44FN5O8S. The largest absolute Gasteiger partial charge is 0.484 e. The summed E-state index contributed by atoms with van der Waals surface area (Å²) in [5.41, 5.74) is 2.04. The number of pyridine rings is 1. The van der Waals surface area contributed by atoms with E-state index >= 15 is 0 Å². The molecule has 4 heterocycles. The van der Waals surface area contributed by atoms with Gasteiger partial charge in [0.05, 0.1) is 17.5 Å². The van der Waals surface area contributed by atoms with Crippen LogP contribution in [0.4, 0.5) is 4.39 Å². The molecule has 4 aromatic rings. The van der Waals surface area contributed by atoms with E-state index in [1.54, 1.807) is 18.2 Å². The van der Waals surface area contributed by atoms with Gasteiger partial charge in [-0.25, -0.2) is 17.8 Å². The van der Waals surface area contributed by atoms with Crippen molar-refractivity contribution in [3.63, 3.8) is 0 Å². The van der Waals surface area contributed by atoms with Crippen LogP contribution in [0.15, 0.2) is 65.1 Å². The first-order chi connectivity index (χ1) is 26.8. The van der Waals surface area contributed by atoms with Crippen LogP contribution in [0, 0.1) is 18.7 Å². The standard InChI is InChI=1S/C41H44FN5O8S/c1-23-10-17-34-30(18-23)36-37(55-34)35(20-32(44-36)25-11-13-27(42)14-12-25)54-28-19-33-38(49)45-41(40(51)46-56(52,53)29-15-16-29)21-26(41)8-6-4-3-5-7-9-31(43-24(2)48)39(50)47(33)22-28/h6,8,10-14,17-18,20,26,28-29,31,33H,3-5,7,9,15-16,19,21-22H2,1-2H3,(H,43,48)(H,45,49)(H,46,51)/t26-,28-,31+,33+,41-/m1/s1. The Hall–Kier alpha value is -5.31. The lowest BCUT2D eigenvalue weighted by Crippen LogP contribution is -2.58. The number of furan rings is 1. The molecule has 2 aliphatic heterocycles. The van der Waals surface area contributed by atoms with Crippen molar-refractivity contribution >= 4 is 55.7 Å². The van der Waals surface area contributed by atoms with Crippen molar-refractivity contribution in [2.75, 3.05) is 6.54 Å². The van der Waals surface area contributed by atoms with Crippen molar-refractivity contribution in [3.05, 3.63) is 72.1 Å². The van der Waals surface area contributed by atoms with E-state index < -0.39 is 74.4 Å². The van der Waals surface area contributed by atoms with Gasteiger partial charge in [-0.2, -0.15) is 0 Å². The minimum absolute atomic E-state index is 0.0119. The van der Waals surface area contributed by atoms with E-state index in [1.807, 2.05) is 37.3 Å². The van der Waals surface area contributed by atoms with Crippen molar-refractivity contribution < 1.29 is 41.1 Å². The van der Waals surface area contributed by atoms with Crippen LogP contribution in [0.5, 0.6) is 5.75 Å². The third-order valence-electron chi connectivity index (χ3n) is 11.2. The Bertz CT molecular complexity index is 2380. The summed E-state index contributed by atoms with van der Waals surface area (Å²) < 4.78 is 54.8. The lowest BCUT2D eigenvalue weighted by molar-refractivity contribution is -0.142. The third-order valence-corrected chi connectivity index (χ3v) is 13.0. The molecule has 56 heavy (non-hydrogen) atoms. The van der Waals surface area contributed by atoms with Gasteiger partial charge in [-0.3, -0.25) is 23.9 Å². The number of rotatable bonds is 7. The minimum atomic E-state index is -3.91. The number of allylic oxidation sites excluding steroid dienone is 1. The van der Waals surface area contributed by atoms with Gasteiger partial charge >= 0.3 is 0 Å². The fourth-order valence-corrected chi connectivity index (χ4v) is 9.31. The van der Waals surface area contributed by atoms with E-state index in [0.29, 0.717) is 65.8 Å². The van der Waals surface area contributed by atoms with Crippen LogP contribution in [-0.2, 0) is 29.2 Å². The zero-order valence-corrected chi connectivity index (χ0v) is 32.0. The van der Waals surface area contributed by atoms with Crippen LogP contribution >= 0.6 is 0 Å². The molecule has 0 radical (unpaired) electrons. The van der Waals surface area contributed by atoms with E-state index in [0.717, 1.165) is 23.8 Å². The molecule has 8 rings (SSSR count). The average Bonchev–Trinajstić information content (AvgIpc) is 4.06. The van der Waals surface area contributed by atoms with Gasteiger partial charge in [0.1, 0.15) is 40.6 Å². The van der Waals surface area contributed by atoms with Crippen molar-refractivity contribution in [2.24, 2.45) is 5.92 Å². The summed E-state index contributed by atoms with van der Waals surface area (Å²) in [6.07, 6.45) is 7.46. The molecule has 3 fully saturated rings. The van der Waals surface area contributed by atoms with E-state index in [-0.39, 0.29) is 19.4 Å². The maximum absolute atomic E-state index is 14.4. The number of benzene rings is 2. The zero-order chi connectivity index (χ0) is 39.4. The molecule has 4 aliphatic rings. The molecule has 2 saturated carbocycles. The van der Waals surface area contributed by atoms with Gasteiger partial charge in [0, 0.05) is 36.3 Å². The summed E-state index contributed by atoms with van der Waals surface area (Å²) in [7, 11) is -3.91. The summed E-state index contributed by atoms with van der Waals surface area (Å²) in [4.78, 5) is 61.2. The molecule has 0 bridgehead atoms. The molecule has 5 atom stereocenters. The first kappa shape index (κ1) is 37.6. The molecule has 2 aliphatic carbocycles. The molecule has 2 aromatic heterocycles. The van der Waals surface area contributed by atoms with Gasteiger partial charge < -0.3 is 24.7 Å². The van der Waals surface area contributed by atoms with Crippen molar-refractivity contribution in [3.8, 4) is 17.0 Å². The van der Waals surface area contributed by atoms with Crippen molar-refractivity contribution in [1.29, 1.82) is 0 Å². The highest BCUT2D eigenvalue weighted by molar-refractivity contribution is 7.91. The van der Waals surface area contributed by atoms with Crippen LogP contribution < -0.4 is 20.1 Å². The normalized spacial score (nSPS) is 25.8. The number of halogens is 1. The Morgan fingerprint density at radius 1 is 1.05 bits per heavy atom. The van der Waals surface area contributed by atoms with E-state index in [9.17, 15) is 32.0 Å². The highest BCUT2D eigenvalue weighted by Gasteiger charge is 2.62. The van der Waals surface area contributed by atoms with Crippen LogP contribution in [0.25, 0.3) is 33.3 Å². The van der Waals surface area contributed by atoms with Crippen LogP contribution in [0.2, 0.25) is 0 Å². The topological polar surface area (TPSA) is 177 Å². The number of amides is 4. The molecular weight excluding hydrogens is 742 g/mol. The van der Waals surface area contributed by atoms with Crippen LogP contribution in [0.3, 0.4) is 0 Å². The second-order valence-electron chi connectivity index (χ2n) is 15.5. The van der Waals surface area contributed by atoms with Gasteiger partial charge in [0.15, 0.2) is 11.3 Å². The Balaban J connectivity index is 1.15. The Morgan fingerprint density at radius 2 is 1.84 bits per heavy atom. The van der Waals surface area contributed by atoms with E-state index in [2.05, 4.69) is 15.4 Å². The number of aromatic nitrogens is 1. The van der Waals surface area contributed by atoms with Crippen molar-refractivity contribution in [1.82, 2.24) is 25.2 Å². The predicted octanol–water partition coefficient (Wildman–Crippen LogP) is 4.95. The summed E-state index contributed by atoms with van der Waals surface area (Å²) >= 11 is 0. The van der Waals surface area contributed by atoms with Gasteiger partial charge in [-0.1, -0.05) is 36.6 Å². The van der Waals surface area contributed by atoms with Gasteiger partial charge in [-0.05, 0) is 81.8 Å². The molecule has 0 spiro atoms. The second-order valence-corrected chi connectivity index (χ2v) is 17.5. The van der Waals surface area contributed by atoms with Crippen LogP contribution in [0.1, 0.15) is 70.3 Å². The quantitative estimate of drug-likeness (QED) is 0.219. The number of fused-ring (bicyclic) bond motifs is 5. The average molecular weight is 786 g/mol. The highest BCUT2D eigenvalue weighted by Crippen LogP contribution is 2.46. The second kappa shape index (κ2) is 14.6. The maximum Gasteiger partial charge on any atom is 0.259 e. The summed E-state index contributed by atoms with van der Waals surface area (Å²) in [6, 6.07) is 11.3. The monoisotopic (exact) mass is 785 g/mol. The molecule has 0 unspecified atom stereocenters. The van der Waals surface area contributed by atoms with Gasteiger partial charge in [0.2, 0.25) is 27.7 Å². The molecule has 294 valence electrons. The smallest absolute Gasteiger partial charge is 0.259 e. The Labute approximate surface area is 323 Å². The first-order valence-electron chi connectivity index (χ1n) is 19.2. The van der Waals surface area contributed by atoms with Gasteiger partial charge in [0.25, 0.3) is 5.91 Å². The maximum atomic E-state index is 14.4. The Kier molecular flexibility index (Phi) is 9.83. The fourth-order valence-electron chi connectivity index (χ4n) is 7.95. The predicted molar refractivity (Wildman–Crippen MR) is 205 cm³/mol. The molecule has 3 N–H and O–H groups in total. The molecule has 1 saturated heterocycles. The summed E-state index contributed by atoms with van der Waals surface area (Å²) in [5, 5.41) is 5.76. The number of carbonyl (C=O) groups is 4. The fraction of sp³-hybridized carbons (Fsp3) is 0.439. The SMILES string of the molecule is CC(=O)N[C@H]1CCCCCC=C[C@@H]2C[C@@]2(C(=O)NS(=O)(=O)C2CC2)NC(=O)[C@@H]2C[C@@H](Oc3cc(-c4ccc(F)cc4)nc4c3oc3ccc(C)cc34)CN2C1=O. The van der Waals surface area contributed by atoms with Crippen LogP contribution in [-0.4, -0.2) is 77.5 Å². The first-order valence-corrected chi connectivity index (χ1v) is 20.7. The number of aryl methyl sites for hydroxylation is 1. The summed E-state index contributed by atoms with van der Waals surface area (Å²) in [5.74, 6) is -2.84. The van der Waals surface area contributed by atoms with E-state index in [1.165, 1.54) is 24.0 Å². The number of nitrogens with zero attached hydrogens (tertiary/aromatic N) is 2. The molecule has 13 nitrogen and oxygen atoms in total. The Morgan fingerprint density at radius 3 is 2.59 bits per heavy atom. The number of sulfonamides is 1. The lowest BCUT2D eigenvalue weighted by atomic mass is 10.0. The van der Waals surface area contributed by atoms with Crippen molar-refractivity contribution in [2.45, 2.75) is 101 Å². The molecule has 2 aromatic carbocycles. The highest BCUT2D eigenvalue weighted by atomic mass is 32.2. The number of carbonyl (C=O) groups excluding carboxylic acids is 4.